The smallest absolute Gasteiger partial charge is 0.272 e. The molecule has 1 amide bonds. The number of rotatable bonds is 5. The quantitative estimate of drug-likeness (QED) is 0.794. The molecule has 0 fully saturated rings. The minimum absolute atomic E-state index is 0.0439. The van der Waals surface area contributed by atoms with E-state index in [0.717, 1.165) is 11.3 Å². The summed E-state index contributed by atoms with van der Waals surface area (Å²) in [5, 5.41) is 4.22. The van der Waals surface area contributed by atoms with E-state index in [-0.39, 0.29) is 5.91 Å². The first-order valence-corrected chi connectivity index (χ1v) is 7.05. The predicted molar refractivity (Wildman–Crippen MR) is 79.8 cm³/mol. The van der Waals surface area contributed by atoms with E-state index in [1.807, 2.05) is 37.3 Å². The molecule has 106 valence electrons. The summed E-state index contributed by atoms with van der Waals surface area (Å²) in [6, 6.07) is 11.7. The number of amides is 1. The number of hydrogen-bond acceptors (Lipinski definition) is 2. The lowest BCUT2D eigenvalue weighted by Crippen LogP contribution is -2.33. The summed E-state index contributed by atoms with van der Waals surface area (Å²) in [4.78, 5) is 14.3. The van der Waals surface area contributed by atoms with Gasteiger partial charge in [-0.1, -0.05) is 30.3 Å². The van der Waals surface area contributed by atoms with Gasteiger partial charge in [0.05, 0.1) is 5.69 Å². The molecule has 1 aromatic carbocycles. The lowest BCUT2D eigenvalue weighted by Gasteiger charge is -2.21. The van der Waals surface area contributed by atoms with Crippen LogP contribution in [0.15, 0.2) is 36.4 Å². The highest BCUT2D eigenvalue weighted by molar-refractivity contribution is 6.18. The van der Waals surface area contributed by atoms with Gasteiger partial charge >= 0.3 is 0 Å². The Hall–Kier alpha value is -1.81. The van der Waals surface area contributed by atoms with Gasteiger partial charge in [-0.15, -0.1) is 11.6 Å². The molecule has 0 atom stereocenters. The van der Waals surface area contributed by atoms with Crippen LogP contribution in [0.4, 0.5) is 0 Å². The Labute approximate surface area is 124 Å². The zero-order valence-corrected chi connectivity index (χ0v) is 12.5. The zero-order chi connectivity index (χ0) is 14.5. The average molecular weight is 292 g/mol. The van der Waals surface area contributed by atoms with Gasteiger partial charge in [-0.3, -0.25) is 9.48 Å². The van der Waals surface area contributed by atoms with E-state index in [0.29, 0.717) is 24.7 Å². The first-order chi connectivity index (χ1) is 9.61. The van der Waals surface area contributed by atoms with Crippen LogP contribution < -0.4 is 0 Å². The monoisotopic (exact) mass is 291 g/mol. The third-order valence-electron chi connectivity index (χ3n) is 3.08. The van der Waals surface area contributed by atoms with Crippen LogP contribution in [0.2, 0.25) is 0 Å². The van der Waals surface area contributed by atoms with Gasteiger partial charge < -0.3 is 4.90 Å². The molecule has 0 bridgehead atoms. The van der Waals surface area contributed by atoms with Crippen LogP contribution in [-0.2, 0) is 13.6 Å². The fourth-order valence-corrected chi connectivity index (χ4v) is 2.34. The molecule has 0 aliphatic carbocycles. The molecule has 0 N–H and O–H groups in total. The van der Waals surface area contributed by atoms with Crippen LogP contribution in [0.5, 0.6) is 0 Å². The lowest BCUT2D eigenvalue weighted by atomic mass is 10.2. The molecule has 0 saturated heterocycles. The van der Waals surface area contributed by atoms with Gasteiger partial charge in [0.2, 0.25) is 0 Å². The molecule has 0 spiro atoms. The maximum atomic E-state index is 12.6. The Morgan fingerprint density at radius 3 is 2.60 bits per heavy atom. The molecule has 2 aromatic rings. The summed E-state index contributed by atoms with van der Waals surface area (Å²) >= 11 is 5.82. The van der Waals surface area contributed by atoms with E-state index in [4.69, 9.17) is 11.6 Å². The molecule has 4 nitrogen and oxygen atoms in total. The third kappa shape index (κ3) is 3.39. The molecule has 0 aliphatic heterocycles. The second-order valence-electron chi connectivity index (χ2n) is 4.70. The first-order valence-electron chi connectivity index (χ1n) is 6.51. The fraction of sp³-hybridized carbons (Fsp3) is 0.333. The van der Waals surface area contributed by atoms with Crippen molar-refractivity contribution in [2.75, 3.05) is 12.4 Å². The van der Waals surface area contributed by atoms with Crippen LogP contribution in [0.25, 0.3) is 0 Å². The van der Waals surface area contributed by atoms with Crippen LogP contribution in [0.1, 0.15) is 21.7 Å². The fourth-order valence-electron chi connectivity index (χ4n) is 2.13. The summed E-state index contributed by atoms with van der Waals surface area (Å²) < 4.78 is 1.61. The van der Waals surface area contributed by atoms with Crippen LogP contribution in [0, 0.1) is 6.92 Å². The molecule has 20 heavy (non-hydrogen) atoms. The summed E-state index contributed by atoms with van der Waals surface area (Å²) in [5.74, 6) is 0.368. The van der Waals surface area contributed by atoms with Gasteiger partial charge in [0.15, 0.2) is 0 Å². The maximum absolute atomic E-state index is 12.6. The van der Waals surface area contributed by atoms with Crippen molar-refractivity contribution in [2.24, 2.45) is 7.05 Å². The topological polar surface area (TPSA) is 38.1 Å². The maximum Gasteiger partial charge on any atom is 0.272 e. The number of aromatic nitrogens is 2. The van der Waals surface area contributed by atoms with Crippen molar-refractivity contribution in [2.45, 2.75) is 13.5 Å². The van der Waals surface area contributed by atoms with E-state index in [1.165, 1.54) is 0 Å². The second kappa shape index (κ2) is 6.57. The van der Waals surface area contributed by atoms with E-state index in [1.54, 1.807) is 22.7 Å². The normalized spacial score (nSPS) is 10.6. The number of nitrogens with zero attached hydrogens (tertiary/aromatic N) is 3. The minimum atomic E-state index is -0.0439. The van der Waals surface area contributed by atoms with Gasteiger partial charge in [0, 0.05) is 26.0 Å². The Morgan fingerprint density at radius 2 is 2.05 bits per heavy atom. The largest absolute Gasteiger partial charge is 0.332 e. The van der Waals surface area contributed by atoms with Crippen molar-refractivity contribution < 1.29 is 4.79 Å². The number of aryl methyl sites for hydroxylation is 2. The van der Waals surface area contributed by atoms with Crippen molar-refractivity contribution in [3.8, 4) is 0 Å². The number of benzene rings is 1. The molecular weight excluding hydrogens is 274 g/mol. The summed E-state index contributed by atoms with van der Waals surface area (Å²) in [6.45, 7) is 2.94. The molecule has 1 aromatic heterocycles. The van der Waals surface area contributed by atoms with Gasteiger partial charge in [0.1, 0.15) is 5.69 Å². The van der Waals surface area contributed by atoms with Crippen LogP contribution in [0.3, 0.4) is 0 Å². The van der Waals surface area contributed by atoms with E-state index in [9.17, 15) is 4.79 Å². The van der Waals surface area contributed by atoms with Gasteiger partial charge in [-0.25, -0.2) is 0 Å². The van der Waals surface area contributed by atoms with Crippen LogP contribution >= 0.6 is 11.6 Å². The Morgan fingerprint density at radius 1 is 1.35 bits per heavy atom. The zero-order valence-electron chi connectivity index (χ0n) is 11.7. The van der Waals surface area contributed by atoms with Gasteiger partial charge in [0.25, 0.3) is 5.91 Å². The van der Waals surface area contributed by atoms with Gasteiger partial charge in [-0.2, -0.15) is 5.10 Å². The summed E-state index contributed by atoms with van der Waals surface area (Å²) in [7, 11) is 1.78. The molecule has 0 aliphatic rings. The van der Waals surface area contributed by atoms with Crippen LogP contribution in [-0.4, -0.2) is 33.0 Å². The van der Waals surface area contributed by atoms with Crippen molar-refractivity contribution in [1.82, 2.24) is 14.7 Å². The lowest BCUT2D eigenvalue weighted by molar-refractivity contribution is 0.0742. The van der Waals surface area contributed by atoms with E-state index >= 15 is 0 Å². The first kappa shape index (κ1) is 14.6. The van der Waals surface area contributed by atoms with E-state index in [2.05, 4.69) is 5.10 Å². The average Bonchev–Trinajstić information content (AvgIpc) is 2.77. The highest BCUT2D eigenvalue weighted by Gasteiger charge is 2.19. The number of halogens is 1. The Kier molecular flexibility index (Phi) is 4.79. The van der Waals surface area contributed by atoms with Crippen molar-refractivity contribution >= 4 is 17.5 Å². The Bertz CT molecular complexity index is 580. The van der Waals surface area contributed by atoms with Crippen molar-refractivity contribution in [1.29, 1.82) is 0 Å². The molecular formula is C15H18ClN3O. The standard InChI is InChI=1S/C15H18ClN3O/c1-12-10-14(18(2)17-12)15(20)19(9-8-16)11-13-6-4-3-5-7-13/h3-7,10H,8-9,11H2,1-2H3. The number of alkyl halides is 1. The summed E-state index contributed by atoms with van der Waals surface area (Å²) in [6.07, 6.45) is 0. The molecule has 5 heteroatoms. The predicted octanol–water partition coefficient (Wildman–Crippen LogP) is 2.61. The molecule has 2 rings (SSSR count). The minimum Gasteiger partial charge on any atom is -0.332 e. The number of carbonyl (C=O) groups excluding carboxylic acids is 1. The molecule has 1 heterocycles. The van der Waals surface area contributed by atoms with Crippen molar-refractivity contribution in [3.63, 3.8) is 0 Å². The highest BCUT2D eigenvalue weighted by atomic mass is 35.5. The number of carbonyl (C=O) groups is 1. The van der Waals surface area contributed by atoms with Crippen molar-refractivity contribution in [3.05, 3.63) is 53.3 Å². The van der Waals surface area contributed by atoms with Gasteiger partial charge in [-0.05, 0) is 18.6 Å². The number of hydrogen-bond donors (Lipinski definition) is 0. The second-order valence-corrected chi connectivity index (χ2v) is 5.07. The van der Waals surface area contributed by atoms with E-state index < -0.39 is 0 Å². The SMILES string of the molecule is Cc1cc(C(=O)N(CCCl)Cc2ccccc2)n(C)n1. The summed E-state index contributed by atoms with van der Waals surface area (Å²) in [5.41, 5.74) is 2.51. The highest BCUT2D eigenvalue weighted by Crippen LogP contribution is 2.11. The molecule has 0 saturated carbocycles. The Balaban J connectivity index is 2.20. The molecule has 0 radical (unpaired) electrons. The molecule has 0 unspecified atom stereocenters. The third-order valence-corrected chi connectivity index (χ3v) is 3.25.